The van der Waals surface area contributed by atoms with Crippen molar-refractivity contribution in [3.8, 4) is 5.75 Å². The maximum absolute atomic E-state index is 12.6. The molecule has 1 rings (SSSR count). The lowest BCUT2D eigenvalue weighted by atomic mass is 10.1. The zero-order chi connectivity index (χ0) is 16.0. The van der Waals surface area contributed by atoms with Crippen LogP contribution in [0.5, 0.6) is 5.75 Å². The van der Waals surface area contributed by atoms with E-state index in [1.807, 2.05) is 13.8 Å². The molecule has 0 aliphatic carbocycles. The maximum Gasteiger partial charge on any atom is 0.416 e. The minimum atomic E-state index is -4.48. The highest BCUT2D eigenvalue weighted by Gasteiger charge is 2.31. The van der Waals surface area contributed by atoms with Gasteiger partial charge in [0.15, 0.2) is 0 Å². The summed E-state index contributed by atoms with van der Waals surface area (Å²) in [6.07, 6.45) is -4.48. The number of nitrogen functional groups attached to an aromatic ring is 1. The zero-order valence-corrected chi connectivity index (χ0v) is 12.0. The van der Waals surface area contributed by atoms with Crippen LogP contribution in [0.3, 0.4) is 0 Å². The third-order valence-corrected chi connectivity index (χ3v) is 2.53. The molecule has 21 heavy (non-hydrogen) atoms. The summed E-state index contributed by atoms with van der Waals surface area (Å²) in [7, 11) is 0. The number of nitrogens with one attached hydrogen (secondary N) is 1. The molecule has 0 aliphatic rings. The molecule has 1 aromatic carbocycles. The van der Waals surface area contributed by atoms with Crippen LogP contribution in [0.4, 0.5) is 13.2 Å². The fourth-order valence-electron chi connectivity index (χ4n) is 1.57. The third-order valence-electron chi connectivity index (χ3n) is 2.53. The van der Waals surface area contributed by atoms with Crippen molar-refractivity contribution in [3.63, 3.8) is 0 Å². The first-order valence-electron chi connectivity index (χ1n) is 6.48. The molecule has 7 heteroatoms. The van der Waals surface area contributed by atoms with E-state index in [0.717, 1.165) is 12.1 Å². The molecule has 0 heterocycles. The van der Waals surface area contributed by atoms with E-state index < -0.39 is 17.6 Å². The van der Waals surface area contributed by atoms with Gasteiger partial charge in [0.05, 0.1) is 17.7 Å². The topological polar surface area (TPSA) is 68.3 Å². The van der Waals surface area contributed by atoms with Crippen molar-refractivity contribution in [1.82, 2.24) is 0 Å². The van der Waals surface area contributed by atoms with E-state index in [9.17, 15) is 13.2 Å². The van der Waals surface area contributed by atoms with Crippen LogP contribution < -0.4 is 10.5 Å². The van der Waals surface area contributed by atoms with E-state index in [0.29, 0.717) is 19.1 Å². The lowest BCUT2D eigenvalue weighted by Crippen LogP contribution is -2.17. The fourth-order valence-corrected chi connectivity index (χ4v) is 1.57. The Balaban J connectivity index is 2.72. The molecule has 0 saturated heterocycles. The molecular weight excluding hydrogens is 285 g/mol. The monoisotopic (exact) mass is 304 g/mol. The fraction of sp³-hybridized carbons (Fsp3) is 0.500. The Labute approximate surface area is 121 Å². The van der Waals surface area contributed by atoms with Gasteiger partial charge >= 0.3 is 6.18 Å². The first kappa shape index (κ1) is 17.3. The molecule has 4 nitrogen and oxygen atoms in total. The van der Waals surface area contributed by atoms with Gasteiger partial charge in [0.2, 0.25) is 0 Å². The van der Waals surface area contributed by atoms with Gasteiger partial charge < -0.3 is 15.2 Å². The van der Waals surface area contributed by atoms with Crippen LogP contribution in [0.1, 0.15) is 25.0 Å². The van der Waals surface area contributed by atoms with Crippen molar-refractivity contribution in [2.45, 2.75) is 20.0 Å². The highest BCUT2D eigenvalue weighted by atomic mass is 19.4. The molecule has 0 unspecified atom stereocenters. The van der Waals surface area contributed by atoms with Crippen LogP contribution in [-0.2, 0) is 10.9 Å². The standard InChI is InChI=1S/C14H19F3N2O2/c1-9(2)8-20-5-6-21-12-4-3-10(14(15,16)17)7-11(12)13(18)19/h3-4,7,9H,5-6,8H2,1-2H3,(H3,18,19). The number of nitrogens with two attached hydrogens (primary N) is 1. The van der Waals surface area contributed by atoms with Crippen molar-refractivity contribution in [2.75, 3.05) is 19.8 Å². The predicted molar refractivity (Wildman–Crippen MR) is 73.6 cm³/mol. The van der Waals surface area contributed by atoms with Crippen LogP contribution in [-0.4, -0.2) is 25.7 Å². The number of benzene rings is 1. The number of hydrogen-bond donors (Lipinski definition) is 2. The van der Waals surface area contributed by atoms with Gasteiger partial charge in [-0.2, -0.15) is 13.2 Å². The smallest absolute Gasteiger partial charge is 0.416 e. The summed E-state index contributed by atoms with van der Waals surface area (Å²) in [6, 6.07) is 2.88. The summed E-state index contributed by atoms with van der Waals surface area (Å²) < 4.78 is 48.5. The van der Waals surface area contributed by atoms with Crippen molar-refractivity contribution in [2.24, 2.45) is 11.7 Å². The van der Waals surface area contributed by atoms with Gasteiger partial charge in [0.1, 0.15) is 18.2 Å². The van der Waals surface area contributed by atoms with E-state index in [1.165, 1.54) is 6.07 Å². The zero-order valence-electron chi connectivity index (χ0n) is 12.0. The van der Waals surface area contributed by atoms with Crippen LogP contribution in [0.15, 0.2) is 18.2 Å². The lowest BCUT2D eigenvalue weighted by molar-refractivity contribution is -0.137. The van der Waals surface area contributed by atoms with Gasteiger partial charge in [-0.15, -0.1) is 0 Å². The molecule has 3 N–H and O–H groups in total. The quantitative estimate of drug-likeness (QED) is 0.462. The van der Waals surface area contributed by atoms with Crippen molar-refractivity contribution >= 4 is 5.84 Å². The highest BCUT2D eigenvalue weighted by molar-refractivity contribution is 5.97. The first-order chi connectivity index (χ1) is 9.71. The number of hydrogen-bond acceptors (Lipinski definition) is 3. The Morgan fingerprint density at radius 3 is 2.48 bits per heavy atom. The molecule has 118 valence electrons. The number of alkyl halides is 3. The Morgan fingerprint density at radius 1 is 1.29 bits per heavy atom. The van der Waals surface area contributed by atoms with Gasteiger partial charge in [0, 0.05) is 6.61 Å². The van der Waals surface area contributed by atoms with E-state index in [2.05, 4.69) is 0 Å². The largest absolute Gasteiger partial charge is 0.490 e. The van der Waals surface area contributed by atoms with Gasteiger partial charge in [-0.05, 0) is 24.1 Å². The second kappa shape index (κ2) is 7.31. The number of halogens is 3. The van der Waals surface area contributed by atoms with E-state index in [-0.39, 0.29) is 17.9 Å². The molecule has 1 aromatic rings. The van der Waals surface area contributed by atoms with E-state index >= 15 is 0 Å². The molecule has 0 atom stereocenters. The molecule has 0 bridgehead atoms. The number of amidine groups is 1. The summed E-state index contributed by atoms with van der Waals surface area (Å²) in [4.78, 5) is 0. The van der Waals surface area contributed by atoms with Crippen LogP contribution in [0.25, 0.3) is 0 Å². The molecule has 0 fully saturated rings. The van der Waals surface area contributed by atoms with E-state index in [4.69, 9.17) is 20.6 Å². The molecule has 0 aromatic heterocycles. The molecule has 0 aliphatic heterocycles. The summed E-state index contributed by atoms with van der Waals surface area (Å²) in [5.41, 5.74) is 4.36. The summed E-state index contributed by atoms with van der Waals surface area (Å²) in [5.74, 6) is 0.0618. The Kier molecular flexibility index (Phi) is 6.02. The first-order valence-corrected chi connectivity index (χ1v) is 6.48. The van der Waals surface area contributed by atoms with Crippen LogP contribution in [0, 0.1) is 11.3 Å². The minimum Gasteiger partial charge on any atom is -0.490 e. The van der Waals surface area contributed by atoms with Crippen LogP contribution >= 0.6 is 0 Å². The number of rotatable bonds is 7. The van der Waals surface area contributed by atoms with Gasteiger partial charge in [-0.3, -0.25) is 5.41 Å². The minimum absolute atomic E-state index is 0.0753. The highest BCUT2D eigenvalue weighted by Crippen LogP contribution is 2.32. The Bertz CT molecular complexity index is 488. The summed E-state index contributed by atoms with van der Waals surface area (Å²) in [6.45, 7) is 5.08. The normalized spacial score (nSPS) is 11.7. The number of ether oxygens (including phenoxy) is 2. The third kappa shape index (κ3) is 5.63. The van der Waals surface area contributed by atoms with E-state index in [1.54, 1.807) is 0 Å². The van der Waals surface area contributed by atoms with Crippen molar-refractivity contribution in [3.05, 3.63) is 29.3 Å². The Hall–Kier alpha value is -1.76. The summed E-state index contributed by atoms with van der Waals surface area (Å²) in [5, 5.41) is 7.35. The Morgan fingerprint density at radius 2 is 1.95 bits per heavy atom. The summed E-state index contributed by atoms with van der Waals surface area (Å²) >= 11 is 0. The predicted octanol–water partition coefficient (Wildman–Crippen LogP) is 3.04. The van der Waals surface area contributed by atoms with Crippen LogP contribution in [0.2, 0.25) is 0 Å². The average Bonchev–Trinajstić information content (AvgIpc) is 2.36. The molecule has 0 spiro atoms. The average molecular weight is 304 g/mol. The molecule has 0 amide bonds. The molecule has 0 radical (unpaired) electrons. The maximum atomic E-state index is 12.6. The molecular formula is C14H19F3N2O2. The lowest BCUT2D eigenvalue weighted by Gasteiger charge is -2.14. The SMILES string of the molecule is CC(C)COCCOc1ccc(C(F)(F)F)cc1C(=N)N. The second-order valence-corrected chi connectivity index (χ2v) is 4.94. The van der Waals surface area contributed by atoms with Gasteiger partial charge in [0.25, 0.3) is 0 Å². The van der Waals surface area contributed by atoms with Gasteiger partial charge in [-0.25, -0.2) is 0 Å². The second-order valence-electron chi connectivity index (χ2n) is 4.94. The van der Waals surface area contributed by atoms with Crippen molar-refractivity contribution < 1.29 is 22.6 Å². The van der Waals surface area contributed by atoms with Gasteiger partial charge in [-0.1, -0.05) is 13.8 Å². The molecule has 0 saturated carbocycles. The van der Waals surface area contributed by atoms with Crippen molar-refractivity contribution in [1.29, 1.82) is 5.41 Å².